The molecule has 2 N–H and O–H groups in total. The summed E-state index contributed by atoms with van der Waals surface area (Å²) in [6, 6.07) is 4.35. The number of benzene rings is 1. The Labute approximate surface area is 112 Å². The maximum Gasteiger partial charge on any atom is 0.341 e. The van der Waals surface area contributed by atoms with Gasteiger partial charge < -0.3 is 9.47 Å². The van der Waals surface area contributed by atoms with Gasteiger partial charge in [-0.05, 0) is 28.1 Å². The summed E-state index contributed by atoms with van der Waals surface area (Å²) in [7, 11) is -4.02. The molecular weight excluding hydrogens is 326 g/mol. The Morgan fingerprint density at radius 1 is 1.50 bits per heavy atom. The topological polar surface area (TPSA) is 95.7 Å². The first-order valence-corrected chi connectivity index (χ1v) is 7.37. The van der Waals surface area contributed by atoms with Gasteiger partial charge in [0.15, 0.2) is 0 Å². The molecule has 18 heavy (non-hydrogen) atoms. The predicted molar refractivity (Wildman–Crippen MR) is 65.3 cm³/mol. The van der Waals surface area contributed by atoms with Crippen LogP contribution in [0, 0.1) is 0 Å². The molecule has 0 aliphatic carbocycles. The minimum atomic E-state index is -4.02. The third-order valence-corrected chi connectivity index (χ3v) is 4.30. The maximum absolute atomic E-state index is 11.8. The van der Waals surface area contributed by atoms with Gasteiger partial charge in [0.1, 0.15) is 4.90 Å². The van der Waals surface area contributed by atoms with Gasteiger partial charge in [-0.25, -0.2) is 18.4 Å². The van der Waals surface area contributed by atoms with Crippen LogP contribution in [-0.2, 0) is 19.5 Å². The van der Waals surface area contributed by atoms with Crippen molar-refractivity contribution in [1.82, 2.24) is 0 Å². The highest BCUT2D eigenvalue weighted by atomic mass is 79.9. The highest BCUT2D eigenvalue weighted by Crippen LogP contribution is 2.26. The number of halogens is 1. The highest BCUT2D eigenvalue weighted by molar-refractivity contribution is 9.10. The number of nitrogens with two attached hydrogens (primary N) is 1. The Hall–Kier alpha value is -0.960. The first-order chi connectivity index (χ1) is 8.39. The van der Waals surface area contributed by atoms with Gasteiger partial charge in [-0.1, -0.05) is 6.07 Å². The molecule has 0 radical (unpaired) electrons. The number of rotatable bonds is 3. The first kappa shape index (κ1) is 13.5. The van der Waals surface area contributed by atoms with E-state index in [9.17, 15) is 13.2 Å². The van der Waals surface area contributed by atoms with Crippen molar-refractivity contribution < 1.29 is 22.7 Å². The van der Waals surface area contributed by atoms with Gasteiger partial charge in [0.25, 0.3) is 0 Å². The molecule has 0 bridgehead atoms. The number of sulfonamides is 1. The fraction of sp³-hybridized carbons (Fsp3) is 0.300. The minimum Gasteiger partial charge on any atom is -0.432 e. The van der Waals surface area contributed by atoms with Crippen molar-refractivity contribution in [3.05, 3.63) is 28.2 Å². The minimum absolute atomic E-state index is 0.109. The van der Waals surface area contributed by atoms with Gasteiger partial charge >= 0.3 is 5.97 Å². The second-order valence-electron chi connectivity index (χ2n) is 3.66. The van der Waals surface area contributed by atoms with E-state index in [-0.39, 0.29) is 14.9 Å². The number of primary sulfonamides is 1. The Balaban J connectivity index is 2.37. The van der Waals surface area contributed by atoms with Crippen molar-refractivity contribution in [2.24, 2.45) is 5.14 Å². The van der Waals surface area contributed by atoms with Crippen molar-refractivity contribution >= 4 is 31.9 Å². The van der Waals surface area contributed by atoms with Gasteiger partial charge in [-0.2, -0.15) is 0 Å². The van der Waals surface area contributed by atoms with Gasteiger partial charge in [0.2, 0.25) is 16.3 Å². The Morgan fingerprint density at radius 2 is 2.17 bits per heavy atom. The maximum atomic E-state index is 11.8. The molecule has 1 aliphatic rings. The average molecular weight is 336 g/mol. The van der Waals surface area contributed by atoms with Gasteiger partial charge in [-0.3, -0.25) is 0 Å². The molecule has 0 saturated carbocycles. The molecule has 1 aromatic rings. The number of esters is 1. The van der Waals surface area contributed by atoms with Crippen LogP contribution in [0.4, 0.5) is 0 Å². The van der Waals surface area contributed by atoms with Crippen LogP contribution in [0.25, 0.3) is 0 Å². The predicted octanol–water partition coefficient (Wildman–Crippen LogP) is 1.000. The smallest absolute Gasteiger partial charge is 0.341 e. The quantitative estimate of drug-likeness (QED) is 0.831. The molecule has 1 aromatic carbocycles. The van der Waals surface area contributed by atoms with E-state index in [0.717, 1.165) is 0 Å². The van der Waals surface area contributed by atoms with Crippen LogP contribution in [0.1, 0.15) is 16.8 Å². The van der Waals surface area contributed by atoms with Crippen LogP contribution >= 0.6 is 15.9 Å². The number of hydrogen-bond donors (Lipinski definition) is 1. The normalized spacial score (nSPS) is 19.1. The molecule has 1 saturated heterocycles. The summed E-state index contributed by atoms with van der Waals surface area (Å²) in [5.41, 5.74) is -0.109. The zero-order valence-corrected chi connectivity index (χ0v) is 11.5. The van der Waals surface area contributed by atoms with Crippen LogP contribution in [0.3, 0.4) is 0 Å². The summed E-state index contributed by atoms with van der Waals surface area (Å²) < 4.78 is 33.0. The number of carbonyl (C=O) groups excluding carboxylic acids is 1. The fourth-order valence-electron chi connectivity index (χ4n) is 1.45. The largest absolute Gasteiger partial charge is 0.432 e. The van der Waals surface area contributed by atoms with Crippen molar-refractivity contribution in [3.63, 3.8) is 0 Å². The van der Waals surface area contributed by atoms with E-state index in [1.54, 1.807) is 0 Å². The summed E-state index contributed by atoms with van der Waals surface area (Å²) >= 11 is 3.05. The van der Waals surface area contributed by atoms with E-state index < -0.39 is 22.3 Å². The second kappa shape index (κ2) is 4.96. The van der Waals surface area contributed by atoms with Crippen LogP contribution in [0.15, 0.2) is 27.6 Å². The zero-order valence-electron chi connectivity index (χ0n) is 9.13. The molecule has 0 spiro atoms. The summed E-state index contributed by atoms with van der Waals surface area (Å²) in [6.45, 7) is 0.526. The first-order valence-electron chi connectivity index (χ1n) is 5.03. The summed E-state index contributed by atoms with van der Waals surface area (Å²) in [5, 5.41) is 5.08. The molecule has 1 aliphatic heterocycles. The van der Waals surface area contributed by atoms with E-state index in [2.05, 4.69) is 15.9 Å². The number of carbonyl (C=O) groups is 1. The van der Waals surface area contributed by atoms with E-state index in [1.165, 1.54) is 18.2 Å². The lowest BCUT2D eigenvalue weighted by Gasteiger charge is -2.26. The summed E-state index contributed by atoms with van der Waals surface area (Å²) in [4.78, 5) is 11.5. The summed E-state index contributed by atoms with van der Waals surface area (Å²) in [6.07, 6.45) is -0.00502. The van der Waals surface area contributed by atoms with Crippen LogP contribution in [-0.4, -0.2) is 27.3 Å². The Bertz CT molecular complexity index is 582. The van der Waals surface area contributed by atoms with Gasteiger partial charge in [0.05, 0.1) is 12.2 Å². The van der Waals surface area contributed by atoms with E-state index >= 15 is 0 Å². The molecule has 0 amide bonds. The van der Waals surface area contributed by atoms with Crippen LogP contribution < -0.4 is 5.14 Å². The van der Waals surface area contributed by atoms with E-state index in [0.29, 0.717) is 13.0 Å². The van der Waals surface area contributed by atoms with Crippen LogP contribution in [0.2, 0.25) is 0 Å². The fourth-order valence-corrected chi connectivity index (χ4v) is 3.29. The molecule has 2 rings (SSSR count). The highest BCUT2D eigenvalue weighted by Gasteiger charge is 2.28. The molecule has 8 heteroatoms. The molecule has 1 heterocycles. The van der Waals surface area contributed by atoms with E-state index in [1.807, 2.05) is 0 Å². The zero-order chi connectivity index (χ0) is 13.3. The third-order valence-electron chi connectivity index (χ3n) is 2.37. The standard InChI is InChI=1S/C10H10BrNO5S/c11-7-3-1-2-6(9(7)18(12,14)15)10(13)17-8-4-5-16-8/h1-3,8H,4-5H2,(H2,12,14,15). The monoisotopic (exact) mass is 335 g/mol. The second-order valence-corrected chi connectivity index (χ2v) is 6.01. The summed E-state index contributed by atoms with van der Waals surface area (Å²) in [5.74, 6) is -0.773. The molecule has 6 nitrogen and oxygen atoms in total. The molecule has 1 fully saturated rings. The molecule has 1 atom stereocenters. The average Bonchev–Trinajstić information content (AvgIpc) is 2.21. The van der Waals surface area contributed by atoms with Gasteiger partial charge in [-0.15, -0.1) is 0 Å². The lowest BCUT2D eigenvalue weighted by atomic mass is 10.2. The lowest BCUT2D eigenvalue weighted by Crippen LogP contribution is -2.32. The third kappa shape index (κ3) is 2.72. The molecule has 98 valence electrons. The molecular formula is C10H10BrNO5S. The van der Waals surface area contributed by atoms with Crippen molar-refractivity contribution in [2.45, 2.75) is 17.6 Å². The van der Waals surface area contributed by atoms with Gasteiger partial charge in [0, 0.05) is 10.9 Å². The van der Waals surface area contributed by atoms with Crippen LogP contribution in [0.5, 0.6) is 0 Å². The molecule has 0 aromatic heterocycles. The van der Waals surface area contributed by atoms with Crippen molar-refractivity contribution in [3.8, 4) is 0 Å². The Kier molecular flexibility index (Phi) is 3.71. The van der Waals surface area contributed by atoms with Crippen molar-refractivity contribution in [2.75, 3.05) is 6.61 Å². The Morgan fingerprint density at radius 3 is 2.67 bits per heavy atom. The lowest BCUT2D eigenvalue weighted by molar-refractivity contribution is -0.184. The van der Waals surface area contributed by atoms with Crippen molar-refractivity contribution in [1.29, 1.82) is 0 Å². The number of hydrogen-bond acceptors (Lipinski definition) is 5. The SMILES string of the molecule is NS(=O)(=O)c1c(Br)cccc1C(=O)OC1CCO1. The molecule has 1 unspecified atom stereocenters. The number of ether oxygens (including phenoxy) is 2. The van der Waals surface area contributed by atoms with E-state index in [4.69, 9.17) is 14.6 Å².